The van der Waals surface area contributed by atoms with Crippen LogP contribution >= 0.6 is 0 Å². The Balaban J connectivity index is 1.80. The molecule has 0 bridgehead atoms. The third-order valence-corrected chi connectivity index (χ3v) is 5.76. The maximum atomic E-state index is 13.5. The maximum Gasteiger partial charge on any atom is 0.269 e. The second-order valence-corrected chi connectivity index (χ2v) is 8.16. The van der Waals surface area contributed by atoms with Crippen LogP contribution in [-0.4, -0.2) is 15.3 Å². The molecule has 0 aliphatic carbocycles. The number of nitrogens with zero attached hydrogens (tertiary/aromatic N) is 3. The normalized spacial score (nSPS) is 11.2. The van der Waals surface area contributed by atoms with Gasteiger partial charge in [-0.3, -0.25) is 14.0 Å². The predicted molar refractivity (Wildman–Crippen MR) is 134 cm³/mol. The van der Waals surface area contributed by atoms with E-state index in [1.807, 2.05) is 75.4 Å². The first-order valence-electron chi connectivity index (χ1n) is 11.1. The Morgan fingerprint density at radius 1 is 1.06 bits per heavy atom. The summed E-state index contributed by atoms with van der Waals surface area (Å²) in [6, 6.07) is 20.4. The van der Waals surface area contributed by atoms with Crippen molar-refractivity contribution in [1.82, 2.24) is 14.7 Å². The summed E-state index contributed by atoms with van der Waals surface area (Å²) in [6.07, 6.45) is 2.84. The molecule has 0 radical (unpaired) electrons. The zero-order valence-electron chi connectivity index (χ0n) is 19.7. The Morgan fingerprint density at radius 2 is 1.80 bits per heavy atom. The number of amides is 1. The van der Waals surface area contributed by atoms with Gasteiger partial charge in [-0.15, -0.1) is 0 Å². The summed E-state index contributed by atoms with van der Waals surface area (Å²) in [4.78, 5) is 30.8. The molecular formula is C28H24N4O3. The standard InChI is InChI=1S/C28H24N4O3/c1-18-9-7-13-24(20(18)3)35-27-23(28(34)32-14-8-10-19(2)25(32)31-27)15-22(16-29)26(33)30-17-21-11-5-4-6-12-21/h4-15H,17H2,1-3H3,(H,30,33). The van der Waals surface area contributed by atoms with Crippen LogP contribution in [-0.2, 0) is 11.3 Å². The summed E-state index contributed by atoms with van der Waals surface area (Å²) in [6.45, 7) is 5.97. The van der Waals surface area contributed by atoms with Crippen molar-refractivity contribution in [3.05, 3.63) is 111 Å². The molecule has 2 heterocycles. The van der Waals surface area contributed by atoms with E-state index in [-0.39, 0.29) is 23.6 Å². The lowest BCUT2D eigenvalue weighted by Gasteiger charge is -2.14. The first-order valence-corrected chi connectivity index (χ1v) is 11.1. The van der Waals surface area contributed by atoms with Crippen LogP contribution < -0.4 is 15.6 Å². The number of ether oxygens (including phenoxy) is 1. The highest BCUT2D eigenvalue weighted by molar-refractivity contribution is 6.01. The average Bonchev–Trinajstić information content (AvgIpc) is 2.86. The van der Waals surface area contributed by atoms with Crippen LogP contribution in [0.1, 0.15) is 27.8 Å². The Kier molecular flexibility index (Phi) is 6.74. The van der Waals surface area contributed by atoms with Crippen molar-refractivity contribution in [3.8, 4) is 17.7 Å². The highest BCUT2D eigenvalue weighted by atomic mass is 16.5. The van der Waals surface area contributed by atoms with Gasteiger partial charge in [0.2, 0.25) is 5.88 Å². The van der Waals surface area contributed by atoms with E-state index in [2.05, 4.69) is 10.3 Å². The van der Waals surface area contributed by atoms with E-state index < -0.39 is 11.5 Å². The van der Waals surface area contributed by atoms with Gasteiger partial charge in [0.1, 0.15) is 28.6 Å². The second kappa shape index (κ2) is 10.1. The van der Waals surface area contributed by atoms with Crippen LogP contribution in [0.15, 0.2) is 77.2 Å². The zero-order chi connectivity index (χ0) is 24.9. The van der Waals surface area contributed by atoms with Gasteiger partial charge in [0.25, 0.3) is 11.5 Å². The van der Waals surface area contributed by atoms with E-state index >= 15 is 0 Å². The molecule has 0 unspecified atom stereocenters. The molecule has 0 saturated heterocycles. The van der Waals surface area contributed by atoms with Crippen molar-refractivity contribution in [2.75, 3.05) is 0 Å². The van der Waals surface area contributed by atoms with Gasteiger partial charge in [0.05, 0.1) is 0 Å². The summed E-state index contributed by atoms with van der Waals surface area (Å²) in [5.41, 5.74) is 3.37. The van der Waals surface area contributed by atoms with Crippen molar-refractivity contribution >= 4 is 17.6 Å². The number of nitrogens with one attached hydrogen (secondary N) is 1. The van der Waals surface area contributed by atoms with E-state index in [9.17, 15) is 14.9 Å². The molecule has 0 aliphatic rings. The van der Waals surface area contributed by atoms with Crippen LogP contribution in [0.3, 0.4) is 0 Å². The highest BCUT2D eigenvalue weighted by Crippen LogP contribution is 2.28. The van der Waals surface area contributed by atoms with E-state index in [0.717, 1.165) is 22.3 Å². The van der Waals surface area contributed by atoms with Crippen molar-refractivity contribution in [3.63, 3.8) is 0 Å². The number of carbonyl (C=O) groups is 1. The highest BCUT2D eigenvalue weighted by Gasteiger charge is 2.18. The van der Waals surface area contributed by atoms with Crippen LogP contribution in [0.4, 0.5) is 0 Å². The summed E-state index contributed by atoms with van der Waals surface area (Å²) in [5, 5.41) is 12.4. The average molecular weight is 465 g/mol. The van der Waals surface area contributed by atoms with Gasteiger partial charge in [-0.05, 0) is 61.2 Å². The summed E-state index contributed by atoms with van der Waals surface area (Å²) in [7, 11) is 0. The molecule has 2 aromatic carbocycles. The van der Waals surface area contributed by atoms with E-state index in [4.69, 9.17) is 4.74 Å². The molecule has 1 amide bonds. The number of aromatic nitrogens is 2. The first kappa shape index (κ1) is 23.5. The van der Waals surface area contributed by atoms with Gasteiger partial charge in [0, 0.05) is 12.7 Å². The number of pyridine rings is 1. The topological polar surface area (TPSA) is 96.5 Å². The van der Waals surface area contributed by atoms with Crippen LogP contribution in [0.2, 0.25) is 0 Å². The molecule has 0 aliphatic heterocycles. The number of hydrogen-bond acceptors (Lipinski definition) is 5. The zero-order valence-corrected chi connectivity index (χ0v) is 19.7. The number of hydrogen-bond donors (Lipinski definition) is 1. The molecule has 7 nitrogen and oxygen atoms in total. The van der Waals surface area contributed by atoms with Gasteiger partial charge in [-0.1, -0.05) is 48.5 Å². The van der Waals surface area contributed by atoms with Crippen LogP contribution in [0.25, 0.3) is 11.7 Å². The number of aryl methyl sites for hydroxylation is 2. The third kappa shape index (κ3) is 4.97. The third-order valence-electron chi connectivity index (χ3n) is 5.76. The van der Waals surface area contributed by atoms with Gasteiger partial charge in [-0.25, -0.2) is 0 Å². The van der Waals surface area contributed by atoms with Crippen molar-refractivity contribution in [2.24, 2.45) is 0 Å². The molecule has 4 aromatic rings. The lowest BCUT2D eigenvalue weighted by Crippen LogP contribution is -2.25. The molecule has 35 heavy (non-hydrogen) atoms. The number of benzene rings is 2. The molecule has 7 heteroatoms. The number of rotatable bonds is 6. The fourth-order valence-corrected chi connectivity index (χ4v) is 3.60. The summed E-state index contributed by atoms with van der Waals surface area (Å²) in [5.74, 6) is -0.0269. The quantitative estimate of drug-likeness (QED) is 0.331. The van der Waals surface area contributed by atoms with Crippen molar-refractivity contribution < 1.29 is 9.53 Å². The molecule has 1 N–H and O–H groups in total. The van der Waals surface area contributed by atoms with Gasteiger partial charge in [-0.2, -0.15) is 10.2 Å². The molecule has 0 spiro atoms. The van der Waals surface area contributed by atoms with Gasteiger partial charge >= 0.3 is 0 Å². The number of nitriles is 1. The van der Waals surface area contributed by atoms with E-state index in [1.54, 1.807) is 18.3 Å². The predicted octanol–water partition coefficient (Wildman–Crippen LogP) is 4.64. The molecular weight excluding hydrogens is 440 g/mol. The monoisotopic (exact) mass is 464 g/mol. The molecule has 2 aromatic heterocycles. The molecule has 4 rings (SSSR count). The first-order chi connectivity index (χ1) is 16.9. The minimum absolute atomic E-state index is 0.0143. The lowest BCUT2D eigenvalue weighted by atomic mass is 10.1. The lowest BCUT2D eigenvalue weighted by molar-refractivity contribution is -0.117. The van der Waals surface area contributed by atoms with E-state index in [0.29, 0.717) is 11.4 Å². The number of fused-ring (bicyclic) bond motifs is 1. The molecule has 0 saturated carbocycles. The minimum Gasteiger partial charge on any atom is -0.438 e. The van der Waals surface area contributed by atoms with E-state index in [1.165, 1.54) is 10.5 Å². The molecule has 0 atom stereocenters. The SMILES string of the molecule is Cc1cccc(Oc2nc3c(C)cccn3c(=O)c2C=C(C#N)C(=O)NCc2ccccc2)c1C. The van der Waals surface area contributed by atoms with Crippen LogP contribution in [0, 0.1) is 32.1 Å². The summed E-state index contributed by atoms with van der Waals surface area (Å²) >= 11 is 0. The Hall–Kier alpha value is -4.70. The van der Waals surface area contributed by atoms with Gasteiger partial charge < -0.3 is 10.1 Å². The fraction of sp³-hybridized carbons (Fsp3) is 0.143. The smallest absolute Gasteiger partial charge is 0.269 e. The Bertz CT molecular complexity index is 1550. The largest absolute Gasteiger partial charge is 0.438 e. The second-order valence-electron chi connectivity index (χ2n) is 8.16. The summed E-state index contributed by atoms with van der Waals surface area (Å²) < 4.78 is 7.49. The van der Waals surface area contributed by atoms with Crippen molar-refractivity contribution in [2.45, 2.75) is 27.3 Å². The Morgan fingerprint density at radius 3 is 2.54 bits per heavy atom. The van der Waals surface area contributed by atoms with Crippen molar-refractivity contribution in [1.29, 1.82) is 5.26 Å². The van der Waals surface area contributed by atoms with Crippen LogP contribution in [0.5, 0.6) is 11.6 Å². The van der Waals surface area contributed by atoms with Gasteiger partial charge in [0.15, 0.2) is 0 Å². The minimum atomic E-state index is -0.595. The molecule has 0 fully saturated rings. The fourth-order valence-electron chi connectivity index (χ4n) is 3.60. The molecule has 174 valence electrons. The maximum absolute atomic E-state index is 13.5. The number of carbonyl (C=O) groups excluding carboxylic acids is 1. The Labute approximate surface area is 203 Å².